The van der Waals surface area contributed by atoms with E-state index < -0.39 is 0 Å². The number of rotatable bonds is 1. The Bertz CT molecular complexity index is 1260. The molecule has 0 unspecified atom stereocenters. The predicted octanol–water partition coefficient (Wildman–Crippen LogP) is 6.70. The molecule has 5 rings (SSSR count). The minimum absolute atomic E-state index is 0.522. The van der Waals surface area contributed by atoms with Gasteiger partial charge in [0.1, 0.15) is 12.8 Å². The zero-order chi connectivity index (χ0) is 19.0. The third-order valence-electron chi connectivity index (χ3n) is 5.77. The Morgan fingerprint density at radius 2 is 1.78 bits per heavy atom. The Hall–Kier alpha value is -2.39. The third kappa shape index (κ3) is 2.28. The first-order valence-electron chi connectivity index (χ1n) is 9.54. The van der Waals surface area contributed by atoms with Crippen molar-refractivity contribution in [1.82, 2.24) is 0 Å². The van der Waals surface area contributed by atoms with Crippen LogP contribution in [-0.2, 0) is 7.05 Å². The van der Waals surface area contributed by atoms with Crippen LogP contribution in [0.25, 0.3) is 32.1 Å². The molecule has 2 nitrogen and oxygen atoms in total. The number of fused-ring (bicyclic) bond motifs is 4. The van der Waals surface area contributed by atoms with Gasteiger partial charge in [0.25, 0.3) is 5.69 Å². The molecule has 136 valence electrons. The molecule has 0 amide bonds. The smallest absolute Gasteiger partial charge is 0.257 e. The Kier molecular flexibility index (Phi) is 3.45. The summed E-state index contributed by atoms with van der Waals surface area (Å²) in [6.07, 6.45) is 2.26. The number of benzene rings is 2. The standard InChI is InChI=1S/C24H24NOS/c1-12(2)19-10-17-11-25(6)22-20-15(5)14(4)9-16-7-13(3)8-18(21(16)20)26-23(22)24(17)27-19/h7-12H,1-6H3/q+1. The second kappa shape index (κ2) is 5.56. The monoisotopic (exact) mass is 374 g/mol. The molecule has 2 aromatic heterocycles. The van der Waals surface area contributed by atoms with Gasteiger partial charge in [-0.15, -0.1) is 11.3 Å². The Morgan fingerprint density at radius 1 is 1.00 bits per heavy atom. The highest BCUT2D eigenvalue weighted by Crippen LogP contribution is 2.51. The van der Waals surface area contributed by atoms with E-state index in [1.54, 1.807) is 0 Å². The number of nitrogens with zero attached hydrogens (tertiary/aromatic N) is 1. The van der Waals surface area contributed by atoms with Crippen molar-refractivity contribution in [2.24, 2.45) is 7.05 Å². The van der Waals surface area contributed by atoms with E-state index in [2.05, 4.69) is 76.7 Å². The molecule has 1 aliphatic rings. The summed E-state index contributed by atoms with van der Waals surface area (Å²) in [7, 11) is 2.14. The number of aryl methyl sites for hydroxylation is 3. The number of aromatic nitrogens is 1. The zero-order valence-corrected chi connectivity index (χ0v) is 17.5. The zero-order valence-electron chi connectivity index (χ0n) is 16.7. The molecule has 0 bridgehead atoms. The normalized spacial score (nSPS) is 12.7. The lowest BCUT2D eigenvalue weighted by Gasteiger charge is -2.22. The van der Waals surface area contributed by atoms with Gasteiger partial charge in [-0.1, -0.05) is 26.0 Å². The average molecular weight is 375 g/mol. The van der Waals surface area contributed by atoms with Gasteiger partial charge in [-0.3, -0.25) is 0 Å². The van der Waals surface area contributed by atoms with E-state index in [1.165, 1.54) is 53.7 Å². The fourth-order valence-electron chi connectivity index (χ4n) is 4.28. The molecular formula is C24H24NOS+. The van der Waals surface area contributed by atoms with Gasteiger partial charge < -0.3 is 4.74 Å². The van der Waals surface area contributed by atoms with Crippen LogP contribution in [0.4, 0.5) is 0 Å². The Morgan fingerprint density at radius 3 is 2.52 bits per heavy atom. The highest BCUT2D eigenvalue weighted by Gasteiger charge is 2.33. The van der Waals surface area contributed by atoms with Crippen molar-refractivity contribution in [1.29, 1.82) is 0 Å². The lowest BCUT2D eigenvalue weighted by atomic mass is 9.90. The minimum atomic E-state index is 0.522. The van der Waals surface area contributed by atoms with Crippen LogP contribution in [0.5, 0.6) is 11.5 Å². The first kappa shape index (κ1) is 16.8. The lowest BCUT2D eigenvalue weighted by Crippen LogP contribution is -2.32. The van der Waals surface area contributed by atoms with Gasteiger partial charge in [0, 0.05) is 10.3 Å². The van der Waals surface area contributed by atoms with Crippen LogP contribution in [0.15, 0.2) is 30.5 Å². The molecule has 0 saturated carbocycles. The highest BCUT2D eigenvalue weighted by molar-refractivity contribution is 7.19. The van der Waals surface area contributed by atoms with Crippen molar-refractivity contribution >= 4 is 32.2 Å². The molecule has 0 aliphatic carbocycles. The molecule has 27 heavy (non-hydrogen) atoms. The number of pyridine rings is 1. The van der Waals surface area contributed by atoms with Crippen molar-refractivity contribution in [3.63, 3.8) is 0 Å². The molecular weight excluding hydrogens is 350 g/mol. The molecule has 4 aromatic rings. The van der Waals surface area contributed by atoms with Crippen LogP contribution in [-0.4, -0.2) is 0 Å². The van der Waals surface area contributed by atoms with Gasteiger partial charge in [0.2, 0.25) is 5.75 Å². The summed E-state index contributed by atoms with van der Waals surface area (Å²) in [5.74, 6) is 2.52. The number of hydrogen-bond acceptors (Lipinski definition) is 2. The maximum Gasteiger partial charge on any atom is 0.257 e. The summed E-state index contributed by atoms with van der Waals surface area (Å²) in [5, 5.41) is 3.78. The molecule has 0 saturated heterocycles. The van der Waals surface area contributed by atoms with Crippen molar-refractivity contribution in [3.05, 3.63) is 52.0 Å². The predicted molar refractivity (Wildman–Crippen MR) is 114 cm³/mol. The fourth-order valence-corrected chi connectivity index (χ4v) is 5.40. The first-order valence-corrected chi connectivity index (χ1v) is 10.4. The van der Waals surface area contributed by atoms with Crippen LogP contribution in [0, 0.1) is 20.8 Å². The minimum Gasteiger partial charge on any atom is -0.448 e. The van der Waals surface area contributed by atoms with Crippen LogP contribution in [0.1, 0.15) is 41.3 Å². The van der Waals surface area contributed by atoms with E-state index in [0.717, 1.165) is 11.5 Å². The summed E-state index contributed by atoms with van der Waals surface area (Å²) in [6, 6.07) is 9.06. The van der Waals surface area contributed by atoms with Gasteiger partial charge in [0.15, 0.2) is 6.20 Å². The van der Waals surface area contributed by atoms with Crippen molar-refractivity contribution < 1.29 is 9.30 Å². The van der Waals surface area contributed by atoms with Gasteiger partial charge in [0.05, 0.1) is 15.6 Å². The maximum atomic E-state index is 6.60. The van der Waals surface area contributed by atoms with Crippen molar-refractivity contribution in [3.8, 4) is 22.8 Å². The molecule has 0 N–H and O–H groups in total. The SMILES string of the molecule is Cc1cc2c3c(c(C)c(C)cc3c1)-c1c(c3sc(C(C)C)cc3c[n+]1C)O2. The van der Waals surface area contributed by atoms with E-state index in [9.17, 15) is 0 Å². The van der Waals surface area contributed by atoms with Crippen molar-refractivity contribution in [2.75, 3.05) is 0 Å². The van der Waals surface area contributed by atoms with Crippen LogP contribution >= 0.6 is 11.3 Å². The lowest BCUT2D eigenvalue weighted by molar-refractivity contribution is -0.659. The summed E-state index contributed by atoms with van der Waals surface area (Å²) in [5.41, 5.74) is 6.43. The van der Waals surface area contributed by atoms with Crippen LogP contribution in [0.2, 0.25) is 0 Å². The van der Waals surface area contributed by atoms with E-state index in [4.69, 9.17) is 4.74 Å². The molecule has 1 aliphatic heterocycles. The fraction of sp³-hybridized carbons (Fsp3) is 0.292. The maximum absolute atomic E-state index is 6.60. The number of thiophene rings is 1. The van der Waals surface area contributed by atoms with Gasteiger partial charge in [-0.25, -0.2) is 0 Å². The van der Waals surface area contributed by atoms with E-state index >= 15 is 0 Å². The number of hydrogen-bond donors (Lipinski definition) is 0. The second-order valence-corrected chi connectivity index (χ2v) is 9.25. The summed E-state index contributed by atoms with van der Waals surface area (Å²) < 4.78 is 10.1. The molecule has 0 atom stereocenters. The quantitative estimate of drug-likeness (QED) is 0.298. The van der Waals surface area contributed by atoms with E-state index in [-0.39, 0.29) is 0 Å². The molecule has 2 aromatic carbocycles. The topological polar surface area (TPSA) is 13.1 Å². The number of ether oxygens (including phenoxy) is 1. The highest BCUT2D eigenvalue weighted by atomic mass is 32.1. The van der Waals surface area contributed by atoms with Crippen molar-refractivity contribution in [2.45, 2.75) is 40.5 Å². The first-order chi connectivity index (χ1) is 12.8. The molecule has 3 heteroatoms. The third-order valence-corrected chi connectivity index (χ3v) is 7.22. The van der Waals surface area contributed by atoms with Gasteiger partial charge >= 0.3 is 0 Å². The largest absolute Gasteiger partial charge is 0.448 e. The van der Waals surface area contributed by atoms with E-state index in [0.29, 0.717) is 5.92 Å². The molecule has 0 radical (unpaired) electrons. The van der Waals surface area contributed by atoms with Crippen LogP contribution < -0.4 is 9.30 Å². The van der Waals surface area contributed by atoms with Gasteiger partial charge in [-0.2, -0.15) is 4.57 Å². The average Bonchev–Trinajstić information content (AvgIpc) is 3.02. The second-order valence-electron chi connectivity index (χ2n) is 8.16. The summed E-state index contributed by atoms with van der Waals surface area (Å²) >= 11 is 1.87. The molecule has 3 heterocycles. The Labute approximate surface area is 164 Å². The van der Waals surface area contributed by atoms with Gasteiger partial charge in [-0.05, 0) is 60.9 Å². The Balaban J connectivity index is 1.97. The summed E-state index contributed by atoms with van der Waals surface area (Å²) in [4.78, 5) is 1.41. The van der Waals surface area contributed by atoms with E-state index in [1.807, 2.05) is 11.3 Å². The molecule has 0 spiro atoms. The van der Waals surface area contributed by atoms with Crippen LogP contribution in [0.3, 0.4) is 0 Å². The summed E-state index contributed by atoms with van der Waals surface area (Å²) in [6.45, 7) is 11.1. The molecule has 0 fully saturated rings.